The monoisotopic (exact) mass is 405 g/mol. The third-order valence-corrected chi connectivity index (χ3v) is 5.46. The Kier molecular flexibility index (Phi) is 3.89. The molecule has 4 aromatic heterocycles. The SMILES string of the molecule is Fc1ccccc1-c1cccc2[nH]c(-c3n[nH]c4cnc(-c5ccccn5)cc34)cc12. The van der Waals surface area contributed by atoms with Crippen LogP contribution in [0, 0.1) is 5.82 Å². The van der Waals surface area contributed by atoms with Crippen LogP contribution in [0.25, 0.3) is 55.7 Å². The number of aromatic nitrogens is 5. The maximum Gasteiger partial charge on any atom is 0.131 e. The molecule has 5 nitrogen and oxygen atoms in total. The highest BCUT2D eigenvalue weighted by atomic mass is 19.1. The first kappa shape index (κ1) is 17.5. The first-order chi connectivity index (χ1) is 15.3. The van der Waals surface area contributed by atoms with Crippen molar-refractivity contribution in [2.24, 2.45) is 0 Å². The summed E-state index contributed by atoms with van der Waals surface area (Å²) in [5, 5.41) is 9.46. The summed E-state index contributed by atoms with van der Waals surface area (Å²) in [5.74, 6) is -0.242. The molecule has 0 fully saturated rings. The fraction of sp³-hybridized carbons (Fsp3) is 0. The number of pyridine rings is 2. The number of halogens is 1. The highest BCUT2D eigenvalue weighted by Crippen LogP contribution is 2.35. The third-order valence-electron chi connectivity index (χ3n) is 5.46. The van der Waals surface area contributed by atoms with Crippen molar-refractivity contribution >= 4 is 21.8 Å². The van der Waals surface area contributed by atoms with Gasteiger partial charge in [-0.1, -0.05) is 36.4 Å². The number of nitrogens with zero attached hydrogens (tertiary/aromatic N) is 3. The van der Waals surface area contributed by atoms with E-state index in [-0.39, 0.29) is 5.82 Å². The van der Waals surface area contributed by atoms with Crippen molar-refractivity contribution in [3.63, 3.8) is 0 Å². The number of hydrogen-bond acceptors (Lipinski definition) is 3. The third kappa shape index (κ3) is 2.88. The number of H-pyrrole nitrogens is 2. The van der Waals surface area contributed by atoms with Crippen molar-refractivity contribution < 1.29 is 4.39 Å². The predicted molar refractivity (Wildman–Crippen MR) is 120 cm³/mol. The number of benzene rings is 2. The average molecular weight is 405 g/mol. The number of rotatable bonds is 3. The molecule has 148 valence electrons. The van der Waals surface area contributed by atoms with Gasteiger partial charge in [-0.2, -0.15) is 5.10 Å². The first-order valence-electron chi connectivity index (χ1n) is 9.90. The summed E-state index contributed by atoms with van der Waals surface area (Å²) in [6.07, 6.45) is 3.52. The molecule has 0 aliphatic heterocycles. The molecule has 31 heavy (non-hydrogen) atoms. The fourth-order valence-electron chi connectivity index (χ4n) is 3.97. The maximum atomic E-state index is 14.5. The van der Waals surface area contributed by atoms with Gasteiger partial charge in [0.25, 0.3) is 0 Å². The maximum absolute atomic E-state index is 14.5. The van der Waals surface area contributed by atoms with E-state index in [2.05, 4.69) is 25.1 Å². The number of aromatic amines is 2. The van der Waals surface area contributed by atoms with Gasteiger partial charge < -0.3 is 4.98 Å². The van der Waals surface area contributed by atoms with Crippen LogP contribution in [0.4, 0.5) is 4.39 Å². The van der Waals surface area contributed by atoms with Gasteiger partial charge in [-0.25, -0.2) is 4.39 Å². The van der Waals surface area contributed by atoms with Crippen molar-refractivity contribution in [2.75, 3.05) is 0 Å². The predicted octanol–water partition coefficient (Wildman–Crippen LogP) is 5.97. The van der Waals surface area contributed by atoms with E-state index in [4.69, 9.17) is 0 Å². The van der Waals surface area contributed by atoms with E-state index in [9.17, 15) is 4.39 Å². The van der Waals surface area contributed by atoms with E-state index >= 15 is 0 Å². The molecular formula is C25H16FN5. The molecule has 6 aromatic rings. The summed E-state index contributed by atoms with van der Waals surface area (Å²) in [5.41, 5.74) is 6.39. The Labute approximate surface area is 176 Å². The van der Waals surface area contributed by atoms with E-state index in [1.54, 1.807) is 24.5 Å². The van der Waals surface area contributed by atoms with Gasteiger partial charge >= 0.3 is 0 Å². The Balaban J connectivity index is 1.53. The van der Waals surface area contributed by atoms with E-state index in [0.29, 0.717) is 5.56 Å². The Morgan fingerprint density at radius 3 is 2.45 bits per heavy atom. The van der Waals surface area contributed by atoms with E-state index < -0.39 is 0 Å². The Bertz CT molecular complexity index is 1550. The second kappa shape index (κ2) is 6.88. The molecule has 0 amide bonds. The highest BCUT2D eigenvalue weighted by molar-refractivity contribution is 6.01. The van der Waals surface area contributed by atoms with Crippen LogP contribution in [0.1, 0.15) is 0 Å². The topological polar surface area (TPSA) is 70.2 Å². The molecule has 2 N–H and O–H groups in total. The van der Waals surface area contributed by atoms with Crippen LogP contribution in [-0.2, 0) is 0 Å². The van der Waals surface area contributed by atoms with Gasteiger partial charge in [0.15, 0.2) is 0 Å². The molecule has 4 heterocycles. The molecule has 0 aliphatic carbocycles. The Morgan fingerprint density at radius 2 is 1.58 bits per heavy atom. The molecule has 6 heteroatoms. The molecule has 0 bridgehead atoms. The van der Waals surface area contributed by atoms with Crippen LogP contribution in [0.15, 0.2) is 85.2 Å². The number of hydrogen-bond donors (Lipinski definition) is 2. The first-order valence-corrected chi connectivity index (χ1v) is 9.90. The van der Waals surface area contributed by atoms with Gasteiger partial charge in [0.05, 0.1) is 28.8 Å². The minimum Gasteiger partial charge on any atom is -0.353 e. The second-order valence-electron chi connectivity index (χ2n) is 7.33. The van der Waals surface area contributed by atoms with Gasteiger partial charge in [0.1, 0.15) is 11.5 Å². The highest BCUT2D eigenvalue weighted by Gasteiger charge is 2.15. The van der Waals surface area contributed by atoms with Crippen molar-refractivity contribution in [1.29, 1.82) is 0 Å². The average Bonchev–Trinajstić information content (AvgIpc) is 3.43. The molecule has 0 unspecified atom stereocenters. The van der Waals surface area contributed by atoms with Crippen LogP contribution in [0.3, 0.4) is 0 Å². The summed E-state index contributed by atoms with van der Waals surface area (Å²) in [6.45, 7) is 0. The van der Waals surface area contributed by atoms with Crippen LogP contribution in [-0.4, -0.2) is 25.1 Å². The van der Waals surface area contributed by atoms with Crippen LogP contribution in [0.2, 0.25) is 0 Å². The van der Waals surface area contributed by atoms with Gasteiger partial charge in [-0.3, -0.25) is 15.1 Å². The van der Waals surface area contributed by atoms with Gasteiger partial charge in [-0.15, -0.1) is 0 Å². The molecular weight excluding hydrogens is 389 g/mol. The summed E-state index contributed by atoms with van der Waals surface area (Å²) < 4.78 is 14.5. The van der Waals surface area contributed by atoms with Crippen LogP contribution < -0.4 is 0 Å². The van der Waals surface area contributed by atoms with E-state index in [1.165, 1.54) is 6.07 Å². The molecule has 2 aromatic carbocycles. The van der Waals surface area contributed by atoms with Crippen LogP contribution >= 0.6 is 0 Å². The molecule has 0 saturated carbocycles. The van der Waals surface area contributed by atoms with Crippen molar-refractivity contribution in [1.82, 2.24) is 25.1 Å². The minimum atomic E-state index is -0.242. The summed E-state index contributed by atoms with van der Waals surface area (Å²) >= 11 is 0. The fourth-order valence-corrected chi connectivity index (χ4v) is 3.97. The molecule has 0 atom stereocenters. The van der Waals surface area contributed by atoms with Crippen molar-refractivity contribution in [3.8, 4) is 33.9 Å². The molecule has 0 spiro atoms. The lowest BCUT2D eigenvalue weighted by atomic mass is 10.0. The zero-order chi connectivity index (χ0) is 20.8. The normalized spacial score (nSPS) is 11.4. The Morgan fingerprint density at radius 1 is 0.710 bits per heavy atom. The van der Waals surface area contributed by atoms with Crippen molar-refractivity contribution in [3.05, 3.63) is 91.0 Å². The minimum absolute atomic E-state index is 0.242. The molecule has 0 saturated heterocycles. The van der Waals surface area contributed by atoms with Crippen molar-refractivity contribution in [2.45, 2.75) is 0 Å². The zero-order valence-electron chi connectivity index (χ0n) is 16.3. The lowest BCUT2D eigenvalue weighted by Gasteiger charge is -2.04. The van der Waals surface area contributed by atoms with E-state index in [0.717, 1.165) is 50.1 Å². The van der Waals surface area contributed by atoms with Crippen LogP contribution in [0.5, 0.6) is 0 Å². The summed E-state index contributed by atoms with van der Waals surface area (Å²) in [6, 6.07) is 22.4. The number of nitrogens with one attached hydrogen (secondary N) is 2. The van der Waals surface area contributed by atoms with Gasteiger partial charge in [-0.05, 0) is 42.0 Å². The quantitative estimate of drug-likeness (QED) is 0.381. The molecule has 0 radical (unpaired) electrons. The summed E-state index contributed by atoms with van der Waals surface area (Å²) in [4.78, 5) is 12.3. The summed E-state index contributed by atoms with van der Waals surface area (Å²) in [7, 11) is 0. The number of fused-ring (bicyclic) bond motifs is 2. The largest absolute Gasteiger partial charge is 0.353 e. The lowest BCUT2D eigenvalue weighted by molar-refractivity contribution is 0.631. The standard InChI is InChI=1S/C25H16FN5/c26-19-8-2-1-6-16(19)15-7-5-10-20-17(15)12-23(29-20)25-18-13-22(21-9-3-4-11-27-21)28-14-24(18)30-31-25/h1-14,29H,(H,30,31). The van der Waals surface area contributed by atoms with Gasteiger partial charge in [0.2, 0.25) is 0 Å². The zero-order valence-corrected chi connectivity index (χ0v) is 16.3. The lowest BCUT2D eigenvalue weighted by Crippen LogP contribution is -1.86. The molecule has 6 rings (SSSR count). The molecule has 0 aliphatic rings. The second-order valence-corrected chi connectivity index (χ2v) is 7.33. The van der Waals surface area contributed by atoms with Gasteiger partial charge in [0, 0.05) is 28.0 Å². The Hall–Kier alpha value is -4.32. The smallest absolute Gasteiger partial charge is 0.131 e. The van der Waals surface area contributed by atoms with E-state index in [1.807, 2.05) is 54.6 Å².